The first-order chi connectivity index (χ1) is 15.9. The van der Waals surface area contributed by atoms with Crippen molar-refractivity contribution < 1.29 is 31.7 Å². The van der Waals surface area contributed by atoms with Gasteiger partial charge in [0.15, 0.2) is 11.5 Å². The Morgan fingerprint density at radius 1 is 0.939 bits per heavy atom. The number of fused-ring (bicyclic) bond motifs is 1. The van der Waals surface area contributed by atoms with E-state index in [1.807, 2.05) is 6.92 Å². The van der Waals surface area contributed by atoms with Crippen LogP contribution in [0.1, 0.15) is 16.7 Å². The maximum absolute atomic E-state index is 12.5. The van der Waals surface area contributed by atoms with E-state index in [0.29, 0.717) is 28.3 Å². The number of oxime groups is 1. The molecule has 8 nitrogen and oxygen atoms in total. The third-order valence-corrected chi connectivity index (χ3v) is 6.31. The minimum Gasteiger partial charge on any atom is -0.454 e. The zero-order valence-electron chi connectivity index (χ0n) is 17.3. The van der Waals surface area contributed by atoms with E-state index in [2.05, 4.69) is 5.16 Å². The molecule has 33 heavy (non-hydrogen) atoms. The van der Waals surface area contributed by atoms with Crippen molar-refractivity contribution >= 4 is 27.9 Å². The number of hydrogen-bond acceptors (Lipinski definition) is 8. The minimum absolute atomic E-state index is 0.0672. The molecule has 0 saturated heterocycles. The van der Waals surface area contributed by atoms with E-state index in [-0.39, 0.29) is 23.0 Å². The minimum atomic E-state index is -3.95. The van der Waals surface area contributed by atoms with E-state index in [0.717, 1.165) is 5.56 Å². The fourth-order valence-electron chi connectivity index (χ4n) is 3.33. The molecule has 0 aliphatic carbocycles. The molecule has 0 atom stereocenters. The number of benzene rings is 3. The van der Waals surface area contributed by atoms with Crippen LogP contribution in [0.5, 0.6) is 17.2 Å². The summed E-state index contributed by atoms with van der Waals surface area (Å²) in [6.45, 7) is 2.00. The maximum Gasteiger partial charge on any atom is 0.368 e. The van der Waals surface area contributed by atoms with Gasteiger partial charge in [-0.05, 0) is 61.0 Å². The molecule has 0 saturated carbocycles. The summed E-state index contributed by atoms with van der Waals surface area (Å²) in [4.78, 5) is 17.2. The molecule has 5 rings (SSSR count). The van der Waals surface area contributed by atoms with Gasteiger partial charge in [0.05, 0.1) is 5.57 Å². The Bertz CT molecular complexity index is 1410. The molecule has 0 spiro atoms. The third kappa shape index (κ3) is 4.18. The van der Waals surface area contributed by atoms with Crippen molar-refractivity contribution in [1.82, 2.24) is 0 Å². The van der Waals surface area contributed by atoms with Gasteiger partial charge in [-0.1, -0.05) is 35.0 Å². The molecular weight excluding hydrogens is 446 g/mol. The van der Waals surface area contributed by atoms with E-state index < -0.39 is 16.1 Å². The number of ether oxygens (including phenoxy) is 2. The quantitative estimate of drug-likeness (QED) is 0.322. The highest BCUT2D eigenvalue weighted by Gasteiger charge is 2.28. The van der Waals surface area contributed by atoms with Gasteiger partial charge in [0.25, 0.3) is 0 Å². The highest BCUT2D eigenvalue weighted by atomic mass is 32.2. The molecule has 0 fully saturated rings. The first-order valence-corrected chi connectivity index (χ1v) is 11.3. The van der Waals surface area contributed by atoms with Gasteiger partial charge in [-0.2, -0.15) is 8.42 Å². The number of carbonyl (C=O) groups is 1. The smallest absolute Gasteiger partial charge is 0.368 e. The lowest BCUT2D eigenvalue weighted by atomic mass is 10.0. The Balaban J connectivity index is 1.37. The standard InChI is InChI=1S/C24H17NO7S/c1-15-2-9-19(10-3-15)33(27,28)32-18-7-4-16(5-8-18)12-20-23(25-31-24(20)26)17-6-11-21-22(13-17)30-14-29-21/h2-13H,14H2,1H3/b20-12-. The van der Waals surface area contributed by atoms with Crippen molar-refractivity contribution in [3.63, 3.8) is 0 Å². The molecule has 0 N–H and O–H groups in total. The van der Waals surface area contributed by atoms with Crippen molar-refractivity contribution in [2.75, 3.05) is 6.79 Å². The second-order valence-electron chi connectivity index (χ2n) is 7.36. The Hall–Kier alpha value is -4.11. The van der Waals surface area contributed by atoms with Crippen LogP contribution in [0.25, 0.3) is 6.08 Å². The molecule has 0 unspecified atom stereocenters. The summed E-state index contributed by atoms with van der Waals surface area (Å²) in [5, 5.41) is 3.89. The monoisotopic (exact) mass is 463 g/mol. The largest absolute Gasteiger partial charge is 0.454 e. The average Bonchev–Trinajstić information content (AvgIpc) is 3.41. The molecule has 3 aromatic rings. The Morgan fingerprint density at radius 2 is 1.67 bits per heavy atom. The van der Waals surface area contributed by atoms with Crippen molar-refractivity contribution in [3.05, 3.63) is 89.0 Å². The molecule has 0 amide bonds. The SMILES string of the molecule is Cc1ccc(S(=O)(=O)Oc2ccc(/C=C3\C(=O)ON=C3c3ccc4c(c3)OCO4)cc2)cc1. The van der Waals surface area contributed by atoms with Crippen molar-refractivity contribution in [2.45, 2.75) is 11.8 Å². The highest BCUT2D eigenvalue weighted by Crippen LogP contribution is 2.34. The predicted octanol–water partition coefficient (Wildman–Crippen LogP) is 3.84. The van der Waals surface area contributed by atoms with Crippen LogP contribution in [0.4, 0.5) is 0 Å². The van der Waals surface area contributed by atoms with Crippen LogP contribution in [0.15, 0.2) is 82.4 Å². The average molecular weight is 463 g/mol. The van der Waals surface area contributed by atoms with E-state index in [1.54, 1.807) is 48.5 Å². The normalized spacial score (nSPS) is 16.0. The molecular formula is C24H17NO7S. The lowest BCUT2D eigenvalue weighted by Crippen LogP contribution is -2.09. The van der Waals surface area contributed by atoms with Gasteiger partial charge in [-0.3, -0.25) is 0 Å². The van der Waals surface area contributed by atoms with Crippen LogP contribution in [0, 0.1) is 6.92 Å². The molecule has 166 valence electrons. The Kier molecular flexibility index (Phi) is 5.10. The van der Waals surface area contributed by atoms with Gasteiger partial charge >= 0.3 is 16.1 Å². The van der Waals surface area contributed by atoms with Crippen LogP contribution in [-0.2, 0) is 19.8 Å². The summed E-state index contributed by atoms with van der Waals surface area (Å²) < 4.78 is 40.9. The molecule has 2 aliphatic rings. The van der Waals surface area contributed by atoms with Gasteiger partial charge < -0.3 is 18.5 Å². The summed E-state index contributed by atoms with van der Waals surface area (Å²) >= 11 is 0. The summed E-state index contributed by atoms with van der Waals surface area (Å²) in [5.74, 6) is 0.734. The van der Waals surface area contributed by atoms with Gasteiger partial charge in [0.1, 0.15) is 16.4 Å². The van der Waals surface area contributed by atoms with E-state index in [1.165, 1.54) is 24.3 Å². The first-order valence-electron chi connectivity index (χ1n) is 9.92. The summed E-state index contributed by atoms with van der Waals surface area (Å²) in [5.41, 5.74) is 2.84. The van der Waals surface area contributed by atoms with Gasteiger partial charge in [-0.15, -0.1) is 0 Å². The fraction of sp³-hybridized carbons (Fsp3) is 0.0833. The summed E-state index contributed by atoms with van der Waals surface area (Å²) in [6.07, 6.45) is 1.61. The van der Waals surface area contributed by atoms with E-state index in [9.17, 15) is 13.2 Å². The number of rotatable bonds is 5. The van der Waals surface area contributed by atoms with Gasteiger partial charge in [0, 0.05) is 5.56 Å². The van der Waals surface area contributed by atoms with Crippen LogP contribution >= 0.6 is 0 Å². The van der Waals surface area contributed by atoms with Crippen molar-refractivity contribution in [1.29, 1.82) is 0 Å². The van der Waals surface area contributed by atoms with Crippen LogP contribution in [0.2, 0.25) is 0 Å². The Labute approximate surface area is 189 Å². The van der Waals surface area contributed by atoms with E-state index >= 15 is 0 Å². The fourth-order valence-corrected chi connectivity index (χ4v) is 4.26. The van der Waals surface area contributed by atoms with Crippen molar-refractivity contribution in [2.24, 2.45) is 5.16 Å². The topological polar surface area (TPSA) is 100 Å². The lowest BCUT2D eigenvalue weighted by Gasteiger charge is -2.08. The third-order valence-electron chi connectivity index (χ3n) is 5.05. The van der Waals surface area contributed by atoms with Crippen molar-refractivity contribution in [3.8, 4) is 17.2 Å². The zero-order chi connectivity index (χ0) is 23.0. The van der Waals surface area contributed by atoms with Crippen LogP contribution in [0.3, 0.4) is 0 Å². The predicted molar refractivity (Wildman–Crippen MR) is 119 cm³/mol. The highest BCUT2D eigenvalue weighted by molar-refractivity contribution is 7.87. The summed E-state index contributed by atoms with van der Waals surface area (Å²) in [7, 11) is -3.95. The van der Waals surface area contributed by atoms with Gasteiger partial charge in [-0.25, -0.2) is 4.79 Å². The number of aryl methyl sites for hydroxylation is 1. The van der Waals surface area contributed by atoms with Crippen LogP contribution < -0.4 is 13.7 Å². The number of carbonyl (C=O) groups excluding carboxylic acids is 1. The maximum atomic E-state index is 12.5. The molecule has 3 aromatic carbocycles. The summed E-state index contributed by atoms with van der Waals surface area (Å²) in [6, 6.07) is 17.9. The molecule has 0 radical (unpaired) electrons. The second kappa shape index (κ2) is 8.10. The second-order valence-corrected chi connectivity index (χ2v) is 8.91. The molecule has 0 bridgehead atoms. The van der Waals surface area contributed by atoms with Crippen LogP contribution in [-0.4, -0.2) is 26.9 Å². The first kappa shape index (κ1) is 20.8. The van der Waals surface area contributed by atoms with Gasteiger partial charge in [0.2, 0.25) is 6.79 Å². The Morgan fingerprint density at radius 3 is 2.42 bits per heavy atom. The molecule has 2 aliphatic heterocycles. The zero-order valence-corrected chi connectivity index (χ0v) is 18.2. The van der Waals surface area contributed by atoms with E-state index in [4.69, 9.17) is 18.5 Å². The lowest BCUT2D eigenvalue weighted by molar-refractivity contribution is -0.136. The molecule has 2 heterocycles. The molecule has 9 heteroatoms. The number of hydrogen-bond donors (Lipinski definition) is 0. The molecule has 0 aromatic heterocycles. The number of nitrogens with zero attached hydrogens (tertiary/aromatic N) is 1.